The summed E-state index contributed by atoms with van der Waals surface area (Å²) in [5.74, 6) is 0.0285. The van der Waals surface area contributed by atoms with E-state index in [0.717, 1.165) is 10.6 Å². The molecule has 0 bridgehead atoms. The van der Waals surface area contributed by atoms with Crippen LogP contribution in [0.1, 0.15) is 6.42 Å². The van der Waals surface area contributed by atoms with Gasteiger partial charge in [0.25, 0.3) is 0 Å². The van der Waals surface area contributed by atoms with E-state index in [1.807, 2.05) is 10.8 Å². The van der Waals surface area contributed by atoms with E-state index >= 15 is 0 Å². The van der Waals surface area contributed by atoms with Crippen molar-refractivity contribution in [3.8, 4) is 5.75 Å². The molecule has 1 N–H and O–H groups in total. The lowest BCUT2D eigenvalue weighted by Gasteiger charge is -2.22. The monoisotopic (exact) mass is 400 g/mol. The molecule has 1 heterocycles. The standard InChI is InChI=1S/C16H21ClN4O4S/c1-25-15-5-4-13(10-14(15)17)21(26(2,23)24)11-16(22)19-6-3-8-20-9-7-18-12-20/h4-5,7,9-10,12H,3,6,8,11H2,1-2H3,(H,19,22). The van der Waals surface area contributed by atoms with E-state index in [2.05, 4.69) is 10.3 Å². The van der Waals surface area contributed by atoms with Crippen molar-refractivity contribution < 1.29 is 17.9 Å². The van der Waals surface area contributed by atoms with Crippen LogP contribution in [0.2, 0.25) is 5.02 Å². The van der Waals surface area contributed by atoms with Gasteiger partial charge in [0.15, 0.2) is 0 Å². The molecule has 0 spiro atoms. The number of carbonyl (C=O) groups is 1. The quantitative estimate of drug-likeness (QED) is 0.644. The van der Waals surface area contributed by atoms with Gasteiger partial charge in [0.05, 0.1) is 30.4 Å². The fourth-order valence-corrected chi connectivity index (χ4v) is 3.41. The molecular formula is C16H21ClN4O4S. The van der Waals surface area contributed by atoms with Crippen molar-refractivity contribution in [1.82, 2.24) is 14.9 Å². The first kappa shape index (κ1) is 20.1. The zero-order valence-corrected chi connectivity index (χ0v) is 16.1. The number of sulfonamides is 1. The highest BCUT2D eigenvalue weighted by Crippen LogP contribution is 2.30. The van der Waals surface area contributed by atoms with Crippen LogP contribution in [0.3, 0.4) is 0 Å². The second-order valence-electron chi connectivity index (χ2n) is 5.59. The molecule has 0 aliphatic carbocycles. The third kappa shape index (κ3) is 5.63. The molecule has 0 saturated heterocycles. The lowest BCUT2D eigenvalue weighted by atomic mass is 10.3. The average Bonchev–Trinajstić information content (AvgIpc) is 3.09. The SMILES string of the molecule is COc1ccc(N(CC(=O)NCCCn2ccnc2)S(C)(=O)=O)cc1Cl. The summed E-state index contributed by atoms with van der Waals surface area (Å²) in [7, 11) is -2.19. The Balaban J connectivity index is 1.97. The molecule has 2 aromatic rings. The molecule has 0 aliphatic rings. The van der Waals surface area contributed by atoms with Crippen molar-refractivity contribution in [3.63, 3.8) is 0 Å². The van der Waals surface area contributed by atoms with Gasteiger partial charge in [-0.1, -0.05) is 11.6 Å². The molecule has 2 rings (SSSR count). The normalized spacial score (nSPS) is 11.2. The van der Waals surface area contributed by atoms with Gasteiger partial charge in [-0.3, -0.25) is 9.10 Å². The molecule has 0 radical (unpaired) electrons. The summed E-state index contributed by atoms with van der Waals surface area (Å²) < 4.78 is 32.1. The van der Waals surface area contributed by atoms with Gasteiger partial charge >= 0.3 is 0 Å². The van der Waals surface area contributed by atoms with E-state index in [9.17, 15) is 13.2 Å². The van der Waals surface area contributed by atoms with Gasteiger partial charge in [0, 0.05) is 25.5 Å². The Kier molecular flexibility index (Phi) is 6.87. The lowest BCUT2D eigenvalue weighted by molar-refractivity contribution is -0.119. The Morgan fingerprint density at radius 1 is 1.42 bits per heavy atom. The molecule has 8 nitrogen and oxygen atoms in total. The largest absolute Gasteiger partial charge is 0.495 e. The number of rotatable bonds is 9. The number of nitrogens with zero attached hydrogens (tertiary/aromatic N) is 3. The highest BCUT2D eigenvalue weighted by atomic mass is 35.5. The number of aryl methyl sites for hydroxylation is 1. The third-order valence-electron chi connectivity index (χ3n) is 3.59. The van der Waals surface area contributed by atoms with Gasteiger partial charge in [0.2, 0.25) is 15.9 Å². The number of hydrogen-bond acceptors (Lipinski definition) is 5. The van der Waals surface area contributed by atoms with Crippen LogP contribution in [-0.2, 0) is 21.4 Å². The summed E-state index contributed by atoms with van der Waals surface area (Å²) in [6, 6.07) is 4.55. The number of hydrogen-bond donors (Lipinski definition) is 1. The number of aromatic nitrogens is 2. The summed E-state index contributed by atoms with van der Waals surface area (Å²) in [6.45, 7) is 0.814. The number of halogens is 1. The minimum Gasteiger partial charge on any atom is -0.495 e. The molecule has 1 aromatic carbocycles. The Bertz CT molecular complexity index is 840. The van der Waals surface area contributed by atoms with E-state index in [1.54, 1.807) is 18.6 Å². The average molecular weight is 401 g/mol. The van der Waals surface area contributed by atoms with E-state index in [-0.39, 0.29) is 11.6 Å². The number of methoxy groups -OCH3 is 1. The first-order chi connectivity index (χ1) is 12.3. The van der Waals surface area contributed by atoms with E-state index < -0.39 is 15.9 Å². The van der Waals surface area contributed by atoms with Crippen molar-refractivity contribution in [1.29, 1.82) is 0 Å². The van der Waals surface area contributed by atoms with Crippen LogP contribution < -0.4 is 14.4 Å². The molecule has 0 atom stereocenters. The highest BCUT2D eigenvalue weighted by Gasteiger charge is 2.21. The number of ether oxygens (including phenoxy) is 1. The van der Waals surface area contributed by atoms with Gasteiger partial charge < -0.3 is 14.6 Å². The molecule has 0 fully saturated rings. The van der Waals surface area contributed by atoms with Gasteiger partial charge in [-0.05, 0) is 24.6 Å². The second kappa shape index (κ2) is 8.91. The number of amides is 1. The number of imidazole rings is 1. The summed E-state index contributed by atoms with van der Waals surface area (Å²) >= 11 is 6.06. The van der Waals surface area contributed by atoms with Crippen LogP contribution in [0.25, 0.3) is 0 Å². The first-order valence-electron chi connectivity index (χ1n) is 7.85. The molecule has 0 unspecified atom stereocenters. The van der Waals surface area contributed by atoms with Crippen LogP contribution in [0.5, 0.6) is 5.75 Å². The van der Waals surface area contributed by atoms with Crippen LogP contribution in [0, 0.1) is 0 Å². The van der Waals surface area contributed by atoms with Gasteiger partial charge in [-0.25, -0.2) is 13.4 Å². The van der Waals surface area contributed by atoms with Crippen LogP contribution >= 0.6 is 11.6 Å². The summed E-state index contributed by atoms with van der Waals surface area (Å²) in [4.78, 5) is 16.1. The Morgan fingerprint density at radius 3 is 2.77 bits per heavy atom. The van der Waals surface area contributed by atoms with E-state index in [0.29, 0.717) is 30.9 Å². The predicted molar refractivity (Wildman–Crippen MR) is 100 cm³/mol. The maximum absolute atomic E-state index is 12.1. The molecular weight excluding hydrogens is 380 g/mol. The predicted octanol–water partition coefficient (Wildman–Crippen LogP) is 1.52. The number of carbonyl (C=O) groups excluding carboxylic acids is 1. The van der Waals surface area contributed by atoms with Crippen molar-refractivity contribution in [2.75, 3.05) is 30.8 Å². The highest BCUT2D eigenvalue weighted by molar-refractivity contribution is 7.92. The van der Waals surface area contributed by atoms with E-state index in [1.165, 1.54) is 19.2 Å². The molecule has 0 aliphatic heterocycles. The van der Waals surface area contributed by atoms with Crippen LogP contribution in [0.15, 0.2) is 36.9 Å². The number of anilines is 1. The summed E-state index contributed by atoms with van der Waals surface area (Å²) in [5, 5.41) is 2.98. The minimum atomic E-state index is -3.65. The minimum absolute atomic E-state index is 0.263. The Morgan fingerprint density at radius 2 is 2.19 bits per heavy atom. The zero-order valence-electron chi connectivity index (χ0n) is 14.6. The summed E-state index contributed by atoms with van der Waals surface area (Å²) in [5.41, 5.74) is 0.298. The molecule has 10 heteroatoms. The van der Waals surface area contributed by atoms with Crippen molar-refractivity contribution in [3.05, 3.63) is 41.9 Å². The van der Waals surface area contributed by atoms with Crippen LogP contribution in [0.4, 0.5) is 5.69 Å². The fourth-order valence-electron chi connectivity index (χ4n) is 2.31. The number of nitrogens with one attached hydrogen (secondary N) is 1. The first-order valence-corrected chi connectivity index (χ1v) is 10.1. The van der Waals surface area contributed by atoms with Crippen molar-refractivity contribution in [2.45, 2.75) is 13.0 Å². The van der Waals surface area contributed by atoms with E-state index in [4.69, 9.17) is 16.3 Å². The third-order valence-corrected chi connectivity index (χ3v) is 5.02. The zero-order chi connectivity index (χ0) is 19.2. The van der Waals surface area contributed by atoms with Gasteiger partial charge in [-0.2, -0.15) is 0 Å². The topological polar surface area (TPSA) is 93.5 Å². The molecule has 1 aromatic heterocycles. The molecule has 0 saturated carbocycles. The lowest BCUT2D eigenvalue weighted by Crippen LogP contribution is -2.40. The Labute approximate surface area is 157 Å². The maximum Gasteiger partial charge on any atom is 0.240 e. The molecule has 1 amide bonds. The molecule has 142 valence electrons. The maximum atomic E-state index is 12.1. The van der Waals surface area contributed by atoms with Crippen LogP contribution in [-0.4, -0.2) is 50.3 Å². The second-order valence-corrected chi connectivity index (χ2v) is 7.91. The van der Waals surface area contributed by atoms with Crippen molar-refractivity contribution >= 4 is 33.2 Å². The molecule has 26 heavy (non-hydrogen) atoms. The Hall–Kier alpha value is -2.26. The fraction of sp³-hybridized carbons (Fsp3) is 0.375. The summed E-state index contributed by atoms with van der Waals surface area (Å²) in [6.07, 6.45) is 6.95. The van der Waals surface area contributed by atoms with Gasteiger partial charge in [-0.15, -0.1) is 0 Å². The van der Waals surface area contributed by atoms with Gasteiger partial charge in [0.1, 0.15) is 12.3 Å². The smallest absolute Gasteiger partial charge is 0.240 e. The number of benzene rings is 1. The van der Waals surface area contributed by atoms with Crippen molar-refractivity contribution in [2.24, 2.45) is 0 Å².